The molecule has 4 N–H and O–H groups in total. The molecule has 0 radical (unpaired) electrons. The van der Waals surface area contributed by atoms with Crippen molar-refractivity contribution in [3.05, 3.63) is 90.0 Å². The Kier molecular flexibility index (Phi) is 11.6. The highest BCUT2D eigenvalue weighted by atomic mass is 16.5. The van der Waals surface area contributed by atoms with Crippen LogP contribution in [0.1, 0.15) is 62.4 Å². The Bertz CT molecular complexity index is 1310. The van der Waals surface area contributed by atoms with E-state index in [1.807, 2.05) is 73.7 Å². The van der Waals surface area contributed by atoms with Gasteiger partial charge in [-0.2, -0.15) is 0 Å². The van der Waals surface area contributed by atoms with Crippen molar-refractivity contribution >= 4 is 23.2 Å². The van der Waals surface area contributed by atoms with Crippen molar-refractivity contribution in [2.45, 2.75) is 70.6 Å². The molecule has 0 saturated carbocycles. The summed E-state index contributed by atoms with van der Waals surface area (Å²) in [5.41, 5.74) is 2.61. The van der Waals surface area contributed by atoms with Crippen LogP contribution in [0.2, 0.25) is 0 Å². The van der Waals surface area contributed by atoms with Crippen molar-refractivity contribution in [3.8, 4) is 5.75 Å². The molecule has 8 nitrogen and oxygen atoms in total. The van der Waals surface area contributed by atoms with Crippen LogP contribution in [0.3, 0.4) is 0 Å². The van der Waals surface area contributed by atoms with Crippen molar-refractivity contribution in [2.24, 2.45) is 0 Å². The molecule has 3 aromatic carbocycles. The highest BCUT2D eigenvalue weighted by Crippen LogP contribution is 2.27. The molecule has 8 heteroatoms. The van der Waals surface area contributed by atoms with Gasteiger partial charge in [-0.15, -0.1) is 0 Å². The zero-order valence-corrected chi connectivity index (χ0v) is 25.6. The van der Waals surface area contributed by atoms with Gasteiger partial charge < -0.3 is 30.7 Å². The highest BCUT2D eigenvalue weighted by Gasteiger charge is 2.30. The number of nitrogens with one attached hydrogen (secondary N) is 3. The number of rotatable bonds is 16. The molecule has 3 aromatic rings. The molecule has 1 aliphatic heterocycles. The molecule has 1 aliphatic rings. The molecule has 1 heterocycles. The third kappa shape index (κ3) is 8.81. The minimum atomic E-state index is -0.866. The highest BCUT2D eigenvalue weighted by molar-refractivity contribution is 6.00. The first-order valence-corrected chi connectivity index (χ1v) is 15.5. The quantitative estimate of drug-likeness (QED) is 0.185. The van der Waals surface area contributed by atoms with Gasteiger partial charge in [0.25, 0.3) is 5.91 Å². The number of carbonyl (C=O) groups is 2. The molecule has 1 saturated heterocycles. The third-order valence-electron chi connectivity index (χ3n) is 8.32. The zero-order chi connectivity index (χ0) is 30.7. The normalized spacial score (nSPS) is 14.8. The molecular weight excluding hydrogens is 540 g/mol. The topological polar surface area (TPSA) is 103 Å². The van der Waals surface area contributed by atoms with Gasteiger partial charge in [0.15, 0.2) is 0 Å². The van der Waals surface area contributed by atoms with E-state index in [4.69, 9.17) is 4.74 Å². The van der Waals surface area contributed by atoms with Crippen LogP contribution < -0.4 is 25.6 Å². The summed E-state index contributed by atoms with van der Waals surface area (Å²) < 4.78 is 6.11. The van der Waals surface area contributed by atoms with E-state index in [0.717, 1.165) is 36.3 Å². The van der Waals surface area contributed by atoms with E-state index in [9.17, 15) is 14.7 Å². The Hall–Kier alpha value is -3.88. The smallest absolute Gasteiger partial charge is 0.251 e. The first kappa shape index (κ1) is 32.0. The molecule has 0 bridgehead atoms. The molecule has 1 fully saturated rings. The van der Waals surface area contributed by atoms with E-state index in [2.05, 4.69) is 29.8 Å². The zero-order valence-electron chi connectivity index (χ0n) is 25.6. The second kappa shape index (κ2) is 15.5. The van der Waals surface area contributed by atoms with Crippen LogP contribution in [-0.4, -0.2) is 60.8 Å². The Balaban J connectivity index is 1.52. The number of hydrogen-bond acceptors (Lipinski definition) is 6. The van der Waals surface area contributed by atoms with E-state index in [1.54, 1.807) is 17.0 Å². The number of aliphatic hydroxyl groups excluding tert-OH is 1. The van der Waals surface area contributed by atoms with Gasteiger partial charge in [-0.3, -0.25) is 9.59 Å². The first-order valence-electron chi connectivity index (χ1n) is 15.5. The minimum absolute atomic E-state index is 0.0648. The van der Waals surface area contributed by atoms with Gasteiger partial charge in [0.1, 0.15) is 12.4 Å². The third-order valence-corrected chi connectivity index (χ3v) is 8.32. The Morgan fingerprint density at radius 1 is 1.00 bits per heavy atom. The number of β-amino-alcohol motifs (C(OH)–C–C–N with tert-alkyl or cyclic N) is 1. The molecule has 230 valence electrons. The van der Waals surface area contributed by atoms with Crippen molar-refractivity contribution < 1.29 is 19.4 Å². The maximum absolute atomic E-state index is 13.7. The minimum Gasteiger partial charge on any atom is -0.492 e. The summed E-state index contributed by atoms with van der Waals surface area (Å²) in [6, 6.07) is 24.5. The Morgan fingerprint density at radius 3 is 2.33 bits per heavy atom. The lowest BCUT2D eigenvalue weighted by molar-refractivity contribution is -0.117. The number of anilines is 2. The predicted octanol–water partition coefficient (Wildman–Crippen LogP) is 5.17. The lowest BCUT2D eigenvalue weighted by Gasteiger charge is -2.35. The van der Waals surface area contributed by atoms with Crippen LogP contribution >= 0.6 is 0 Å². The second-order valence-electron chi connectivity index (χ2n) is 11.3. The Labute approximate surface area is 255 Å². The molecular formula is C35H46N4O4. The number of hydrogen-bond donors (Lipinski definition) is 4. The van der Waals surface area contributed by atoms with Crippen LogP contribution in [0, 0.1) is 0 Å². The fourth-order valence-electron chi connectivity index (χ4n) is 5.49. The van der Waals surface area contributed by atoms with Crippen molar-refractivity contribution in [2.75, 3.05) is 36.5 Å². The van der Waals surface area contributed by atoms with Gasteiger partial charge >= 0.3 is 0 Å². The molecule has 4 rings (SSSR count). The monoisotopic (exact) mass is 586 g/mol. The fraction of sp³-hybridized carbons (Fsp3) is 0.429. The van der Waals surface area contributed by atoms with Crippen LogP contribution in [0.4, 0.5) is 11.4 Å². The second-order valence-corrected chi connectivity index (χ2v) is 11.3. The van der Waals surface area contributed by atoms with Crippen LogP contribution in [0.15, 0.2) is 78.9 Å². The molecule has 2 atom stereocenters. The number of carbonyl (C=O) groups excluding carboxylic acids is 2. The van der Waals surface area contributed by atoms with Gasteiger partial charge in [-0.05, 0) is 68.5 Å². The largest absolute Gasteiger partial charge is 0.492 e. The van der Waals surface area contributed by atoms with E-state index in [-0.39, 0.29) is 23.9 Å². The molecule has 2 amide bonds. The average molecular weight is 587 g/mol. The number of para-hydroxylation sites is 1. The lowest BCUT2D eigenvalue weighted by atomic mass is 9.92. The lowest BCUT2D eigenvalue weighted by Crippen LogP contribution is -2.55. The number of benzene rings is 3. The summed E-state index contributed by atoms with van der Waals surface area (Å²) in [7, 11) is 0. The summed E-state index contributed by atoms with van der Waals surface area (Å²) in [6.07, 6.45) is 2.54. The molecule has 0 spiro atoms. The van der Waals surface area contributed by atoms with E-state index >= 15 is 0 Å². The Morgan fingerprint density at radius 2 is 1.70 bits per heavy atom. The van der Waals surface area contributed by atoms with Crippen molar-refractivity contribution in [3.63, 3.8) is 0 Å². The van der Waals surface area contributed by atoms with E-state index < -0.39 is 12.1 Å². The number of amides is 2. The number of ether oxygens (including phenoxy) is 1. The number of nitrogens with zero attached hydrogens (tertiary/aromatic N) is 1. The van der Waals surface area contributed by atoms with Gasteiger partial charge in [0.05, 0.1) is 17.7 Å². The predicted molar refractivity (Wildman–Crippen MR) is 173 cm³/mol. The van der Waals surface area contributed by atoms with E-state index in [0.29, 0.717) is 43.8 Å². The fourth-order valence-corrected chi connectivity index (χ4v) is 5.49. The molecule has 0 aromatic heterocycles. The maximum Gasteiger partial charge on any atom is 0.251 e. The average Bonchev–Trinajstić information content (AvgIpc) is 3.47. The van der Waals surface area contributed by atoms with Gasteiger partial charge in [-0.1, -0.05) is 62.4 Å². The van der Waals surface area contributed by atoms with Gasteiger partial charge in [-0.25, -0.2) is 0 Å². The summed E-state index contributed by atoms with van der Waals surface area (Å²) in [4.78, 5) is 28.0. The SMILES string of the molecule is CCNc1cc(C(=O)N[C@@H](Cc2ccccc2)[C@H](O)CNC(CC)(CC)COc2ccccc2)cc(N2CCCC2=O)c1. The molecule has 0 aliphatic carbocycles. The van der Waals surface area contributed by atoms with Crippen LogP contribution in [-0.2, 0) is 11.2 Å². The van der Waals surface area contributed by atoms with Gasteiger partial charge in [0.2, 0.25) is 5.91 Å². The van der Waals surface area contributed by atoms with Crippen LogP contribution in [0.5, 0.6) is 5.75 Å². The molecule has 0 unspecified atom stereocenters. The summed E-state index contributed by atoms with van der Waals surface area (Å²) in [6.45, 7) is 8.28. The van der Waals surface area contributed by atoms with Crippen LogP contribution in [0.25, 0.3) is 0 Å². The van der Waals surface area contributed by atoms with E-state index in [1.165, 1.54) is 0 Å². The number of aliphatic hydroxyl groups is 1. The summed E-state index contributed by atoms with van der Waals surface area (Å²) >= 11 is 0. The van der Waals surface area contributed by atoms with Crippen molar-refractivity contribution in [1.29, 1.82) is 0 Å². The van der Waals surface area contributed by atoms with Gasteiger partial charge in [0, 0.05) is 43.0 Å². The summed E-state index contributed by atoms with van der Waals surface area (Å²) in [5, 5.41) is 21.5. The first-order chi connectivity index (χ1) is 20.9. The standard InChI is InChI=1S/C35H46N4O4/c1-4-35(5-2,25-43-30-16-11-8-12-17-30)37-24-32(40)31(20-26-14-9-7-10-15-26)38-34(42)27-21-28(36-6-3)23-29(22-27)39-19-13-18-33(39)41/h7-12,14-17,21-23,31-32,36-37,40H,4-6,13,18-20,24-25H2,1-3H3,(H,38,42)/t31-,32+/m0/s1. The molecule has 43 heavy (non-hydrogen) atoms. The summed E-state index contributed by atoms with van der Waals surface area (Å²) in [5.74, 6) is 0.576. The maximum atomic E-state index is 13.7. The van der Waals surface area contributed by atoms with Crippen molar-refractivity contribution in [1.82, 2.24) is 10.6 Å².